The van der Waals surface area contributed by atoms with E-state index < -0.39 is 29.1 Å². The average Bonchev–Trinajstić information content (AvgIpc) is 2.27. The third kappa shape index (κ3) is 3.72. The van der Waals surface area contributed by atoms with Crippen LogP contribution in [0.25, 0.3) is 0 Å². The Kier molecular flexibility index (Phi) is 4.69. The van der Waals surface area contributed by atoms with Crippen molar-refractivity contribution in [2.45, 2.75) is 25.9 Å². The Morgan fingerprint density at radius 2 is 2.00 bits per heavy atom. The summed E-state index contributed by atoms with van der Waals surface area (Å²) in [5.41, 5.74) is -1.98. The standard InChI is InChI=1S/C12H12F4O2/c1-2-3-6-18-11(17)9-7-8(13)4-5-10(9)12(14,15)16/h4-5,7H,2-3,6H2,1H3. The number of hydrogen-bond acceptors (Lipinski definition) is 2. The van der Waals surface area contributed by atoms with Gasteiger partial charge in [0.15, 0.2) is 0 Å². The van der Waals surface area contributed by atoms with E-state index in [9.17, 15) is 22.4 Å². The van der Waals surface area contributed by atoms with Crippen LogP contribution in [0.4, 0.5) is 17.6 Å². The Labute approximate surface area is 102 Å². The van der Waals surface area contributed by atoms with Crippen LogP contribution in [0.2, 0.25) is 0 Å². The molecular weight excluding hydrogens is 252 g/mol. The van der Waals surface area contributed by atoms with E-state index >= 15 is 0 Å². The molecule has 18 heavy (non-hydrogen) atoms. The smallest absolute Gasteiger partial charge is 0.417 e. The zero-order valence-electron chi connectivity index (χ0n) is 9.68. The van der Waals surface area contributed by atoms with Gasteiger partial charge in [0.2, 0.25) is 0 Å². The Hall–Kier alpha value is -1.59. The Morgan fingerprint density at radius 3 is 2.56 bits per heavy atom. The quantitative estimate of drug-likeness (QED) is 0.469. The van der Waals surface area contributed by atoms with Crippen LogP contribution in [0, 0.1) is 5.82 Å². The lowest BCUT2D eigenvalue weighted by molar-refractivity contribution is -0.138. The maximum Gasteiger partial charge on any atom is 0.417 e. The fraction of sp³-hybridized carbons (Fsp3) is 0.417. The first kappa shape index (κ1) is 14.5. The van der Waals surface area contributed by atoms with Gasteiger partial charge in [-0.2, -0.15) is 13.2 Å². The van der Waals surface area contributed by atoms with Gasteiger partial charge in [-0.1, -0.05) is 13.3 Å². The number of hydrogen-bond donors (Lipinski definition) is 0. The fourth-order valence-electron chi connectivity index (χ4n) is 1.32. The van der Waals surface area contributed by atoms with Crippen LogP contribution >= 0.6 is 0 Å². The molecule has 0 spiro atoms. The van der Waals surface area contributed by atoms with Crippen molar-refractivity contribution >= 4 is 5.97 Å². The average molecular weight is 264 g/mol. The van der Waals surface area contributed by atoms with E-state index in [2.05, 4.69) is 4.74 Å². The van der Waals surface area contributed by atoms with Crippen LogP contribution in [-0.2, 0) is 10.9 Å². The molecule has 0 amide bonds. The summed E-state index contributed by atoms with van der Waals surface area (Å²) in [5, 5.41) is 0. The zero-order valence-corrected chi connectivity index (χ0v) is 9.68. The molecule has 100 valence electrons. The van der Waals surface area contributed by atoms with Crippen LogP contribution in [0.15, 0.2) is 18.2 Å². The molecule has 0 atom stereocenters. The van der Waals surface area contributed by atoms with Crippen molar-refractivity contribution < 1.29 is 27.1 Å². The highest BCUT2D eigenvalue weighted by Crippen LogP contribution is 2.32. The molecule has 0 aromatic heterocycles. The molecule has 0 saturated carbocycles. The van der Waals surface area contributed by atoms with Gasteiger partial charge >= 0.3 is 12.1 Å². The molecule has 0 saturated heterocycles. The molecule has 1 aromatic rings. The number of esters is 1. The molecular formula is C12H12F4O2. The topological polar surface area (TPSA) is 26.3 Å². The van der Waals surface area contributed by atoms with E-state index in [0.717, 1.165) is 6.42 Å². The summed E-state index contributed by atoms with van der Waals surface area (Å²) >= 11 is 0. The van der Waals surface area contributed by atoms with Gasteiger partial charge in [-0.3, -0.25) is 0 Å². The molecule has 0 radical (unpaired) electrons. The molecule has 0 aliphatic carbocycles. The third-order valence-electron chi connectivity index (χ3n) is 2.24. The second kappa shape index (κ2) is 5.84. The van der Waals surface area contributed by atoms with Crippen molar-refractivity contribution in [1.82, 2.24) is 0 Å². The fourth-order valence-corrected chi connectivity index (χ4v) is 1.32. The first-order valence-corrected chi connectivity index (χ1v) is 5.40. The minimum absolute atomic E-state index is 0.0170. The van der Waals surface area contributed by atoms with E-state index in [4.69, 9.17) is 0 Å². The number of carbonyl (C=O) groups excluding carboxylic acids is 1. The van der Waals surface area contributed by atoms with E-state index in [1.807, 2.05) is 6.92 Å². The van der Waals surface area contributed by atoms with E-state index in [-0.39, 0.29) is 6.61 Å². The van der Waals surface area contributed by atoms with Crippen molar-refractivity contribution in [2.24, 2.45) is 0 Å². The molecule has 0 aliphatic rings. The van der Waals surface area contributed by atoms with Gasteiger partial charge in [-0.25, -0.2) is 9.18 Å². The maximum atomic E-state index is 12.9. The summed E-state index contributed by atoms with van der Waals surface area (Å²) in [6, 6.07) is 1.73. The van der Waals surface area contributed by atoms with Crippen LogP contribution in [-0.4, -0.2) is 12.6 Å². The largest absolute Gasteiger partial charge is 0.462 e. The molecule has 0 unspecified atom stereocenters. The molecule has 6 heteroatoms. The highest BCUT2D eigenvalue weighted by atomic mass is 19.4. The lowest BCUT2D eigenvalue weighted by Crippen LogP contribution is -2.16. The Morgan fingerprint density at radius 1 is 1.33 bits per heavy atom. The van der Waals surface area contributed by atoms with Crippen molar-refractivity contribution in [3.05, 3.63) is 35.1 Å². The second-order valence-corrected chi connectivity index (χ2v) is 3.68. The van der Waals surface area contributed by atoms with Crippen molar-refractivity contribution in [3.63, 3.8) is 0 Å². The van der Waals surface area contributed by atoms with Crippen LogP contribution in [0.5, 0.6) is 0 Å². The lowest BCUT2D eigenvalue weighted by Gasteiger charge is -2.12. The highest BCUT2D eigenvalue weighted by molar-refractivity contribution is 5.91. The monoisotopic (exact) mass is 264 g/mol. The van der Waals surface area contributed by atoms with Gasteiger partial charge in [-0.05, 0) is 24.6 Å². The minimum atomic E-state index is -4.72. The number of carbonyl (C=O) groups is 1. The van der Waals surface area contributed by atoms with Crippen LogP contribution < -0.4 is 0 Å². The summed E-state index contributed by atoms with van der Waals surface area (Å²) < 4.78 is 55.4. The maximum absolute atomic E-state index is 12.9. The van der Waals surface area contributed by atoms with E-state index in [1.54, 1.807) is 0 Å². The summed E-state index contributed by atoms with van der Waals surface area (Å²) in [6.07, 6.45) is -3.43. The molecule has 1 aromatic carbocycles. The molecule has 2 nitrogen and oxygen atoms in total. The number of benzene rings is 1. The zero-order chi connectivity index (χ0) is 13.8. The van der Waals surface area contributed by atoms with Gasteiger partial charge in [0, 0.05) is 0 Å². The van der Waals surface area contributed by atoms with Crippen molar-refractivity contribution in [3.8, 4) is 0 Å². The van der Waals surface area contributed by atoms with Crippen molar-refractivity contribution in [1.29, 1.82) is 0 Å². The summed E-state index contributed by atoms with van der Waals surface area (Å²) in [7, 11) is 0. The van der Waals surface area contributed by atoms with Gasteiger partial charge in [0.25, 0.3) is 0 Å². The summed E-state index contributed by atoms with van der Waals surface area (Å²) in [5.74, 6) is -2.07. The SMILES string of the molecule is CCCCOC(=O)c1cc(F)ccc1C(F)(F)F. The number of halogens is 4. The number of ether oxygens (including phenoxy) is 1. The number of rotatable bonds is 4. The third-order valence-corrected chi connectivity index (χ3v) is 2.24. The van der Waals surface area contributed by atoms with Gasteiger partial charge in [0.1, 0.15) is 5.82 Å². The predicted octanol–water partition coefficient (Wildman–Crippen LogP) is 3.80. The minimum Gasteiger partial charge on any atom is -0.462 e. The Balaban J connectivity index is 2.98. The second-order valence-electron chi connectivity index (χ2n) is 3.68. The highest BCUT2D eigenvalue weighted by Gasteiger charge is 2.35. The molecule has 0 fully saturated rings. The van der Waals surface area contributed by atoms with Gasteiger partial charge in [-0.15, -0.1) is 0 Å². The Bertz CT molecular complexity index is 427. The number of unbranched alkanes of at least 4 members (excludes halogenated alkanes) is 1. The molecule has 0 N–H and O–H groups in total. The van der Waals surface area contributed by atoms with Gasteiger partial charge in [0.05, 0.1) is 17.7 Å². The van der Waals surface area contributed by atoms with E-state index in [0.29, 0.717) is 24.6 Å². The summed E-state index contributed by atoms with van der Waals surface area (Å²) in [6.45, 7) is 1.86. The summed E-state index contributed by atoms with van der Waals surface area (Å²) in [4.78, 5) is 11.5. The van der Waals surface area contributed by atoms with E-state index in [1.165, 1.54) is 0 Å². The normalized spacial score (nSPS) is 11.4. The first-order chi connectivity index (χ1) is 8.36. The molecule has 0 aliphatic heterocycles. The van der Waals surface area contributed by atoms with Crippen LogP contribution in [0.3, 0.4) is 0 Å². The van der Waals surface area contributed by atoms with Gasteiger partial charge < -0.3 is 4.74 Å². The van der Waals surface area contributed by atoms with Crippen molar-refractivity contribution in [2.75, 3.05) is 6.61 Å². The predicted molar refractivity (Wildman–Crippen MR) is 56.6 cm³/mol. The molecule has 1 rings (SSSR count). The molecule has 0 bridgehead atoms. The molecule has 0 heterocycles. The lowest BCUT2D eigenvalue weighted by atomic mass is 10.1. The van der Waals surface area contributed by atoms with Crippen LogP contribution in [0.1, 0.15) is 35.7 Å². The number of alkyl halides is 3. The first-order valence-electron chi connectivity index (χ1n) is 5.40.